The maximum Gasteiger partial charge on any atom is 0.0612 e. The molecule has 0 aliphatic heterocycles. The van der Waals surface area contributed by atoms with Gasteiger partial charge in [0.25, 0.3) is 0 Å². The molecule has 2 aromatic rings. The Morgan fingerprint density at radius 2 is 2.06 bits per heavy atom. The number of halogens is 2. The third-order valence-corrected chi connectivity index (χ3v) is 3.37. The van der Waals surface area contributed by atoms with Crippen LogP contribution in [-0.4, -0.2) is 9.78 Å². The van der Waals surface area contributed by atoms with E-state index in [1.54, 1.807) is 6.07 Å². The summed E-state index contributed by atoms with van der Waals surface area (Å²) in [5.41, 5.74) is 2.11. The number of hydrogen-bond donors (Lipinski definition) is 1. The van der Waals surface area contributed by atoms with E-state index < -0.39 is 0 Å². The summed E-state index contributed by atoms with van der Waals surface area (Å²) in [6.07, 6.45) is 2.89. The van der Waals surface area contributed by atoms with Gasteiger partial charge in [-0.1, -0.05) is 30.1 Å². The smallest absolute Gasteiger partial charge is 0.0612 e. The lowest BCUT2D eigenvalue weighted by atomic mass is 10.3. The average molecular weight is 284 g/mol. The number of benzene rings is 1. The molecule has 1 aromatic heterocycles. The Bertz CT molecular complexity index is 523. The normalized spacial score (nSPS) is 10.6. The SMILES string of the molecule is CCCn1nccc1CNc1ccc(Cl)c(Cl)c1. The van der Waals surface area contributed by atoms with Crippen molar-refractivity contribution < 1.29 is 0 Å². The summed E-state index contributed by atoms with van der Waals surface area (Å²) >= 11 is 11.8. The van der Waals surface area contributed by atoms with E-state index in [1.165, 1.54) is 0 Å². The van der Waals surface area contributed by atoms with Crippen molar-refractivity contribution in [1.82, 2.24) is 9.78 Å². The Morgan fingerprint density at radius 1 is 1.22 bits per heavy atom. The van der Waals surface area contributed by atoms with Crippen LogP contribution in [0.5, 0.6) is 0 Å². The van der Waals surface area contributed by atoms with Gasteiger partial charge in [0.2, 0.25) is 0 Å². The molecule has 0 amide bonds. The highest BCUT2D eigenvalue weighted by Crippen LogP contribution is 2.25. The van der Waals surface area contributed by atoms with E-state index in [4.69, 9.17) is 23.2 Å². The van der Waals surface area contributed by atoms with Crippen LogP contribution in [0.2, 0.25) is 10.0 Å². The maximum absolute atomic E-state index is 5.97. The average Bonchev–Trinajstić information content (AvgIpc) is 2.79. The first-order chi connectivity index (χ1) is 8.70. The molecule has 0 aliphatic rings. The minimum Gasteiger partial charge on any atom is -0.379 e. The first kappa shape index (κ1) is 13.2. The third kappa shape index (κ3) is 3.18. The minimum atomic E-state index is 0.559. The van der Waals surface area contributed by atoms with Crippen molar-refractivity contribution in [2.24, 2.45) is 0 Å². The molecule has 3 nitrogen and oxygen atoms in total. The van der Waals surface area contributed by atoms with Crippen LogP contribution < -0.4 is 5.32 Å². The fraction of sp³-hybridized carbons (Fsp3) is 0.308. The number of nitrogens with zero attached hydrogens (tertiary/aromatic N) is 2. The van der Waals surface area contributed by atoms with Crippen LogP contribution in [0.1, 0.15) is 19.0 Å². The Hall–Kier alpha value is -1.19. The predicted molar refractivity (Wildman–Crippen MR) is 76.3 cm³/mol. The lowest BCUT2D eigenvalue weighted by Gasteiger charge is -2.09. The van der Waals surface area contributed by atoms with Crippen LogP contribution in [0.3, 0.4) is 0 Å². The Labute approximate surface area is 117 Å². The van der Waals surface area contributed by atoms with Gasteiger partial charge in [0, 0.05) is 18.4 Å². The van der Waals surface area contributed by atoms with Crippen LogP contribution in [0.25, 0.3) is 0 Å². The standard InChI is InChI=1S/C13H15Cl2N3/c1-2-7-18-11(5-6-17-18)9-16-10-3-4-12(14)13(15)8-10/h3-6,8,16H,2,7,9H2,1H3. The summed E-state index contributed by atoms with van der Waals surface area (Å²) in [7, 11) is 0. The van der Waals surface area contributed by atoms with Crippen molar-refractivity contribution in [3.63, 3.8) is 0 Å². The summed E-state index contributed by atoms with van der Waals surface area (Å²) in [6, 6.07) is 7.54. The fourth-order valence-electron chi connectivity index (χ4n) is 1.72. The molecule has 0 atom stereocenters. The topological polar surface area (TPSA) is 29.9 Å². The molecule has 1 aromatic carbocycles. The Morgan fingerprint density at radius 3 is 2.78 bits per heavy atom. The van der Waals surface area contributed by atoms with Gasteiger partial charge >= 0.3 is 0 Å². The van der Waals surface area contributed by atoms with Gasteiger partial charge in [-0.25, -0.2) is 0 Å². The van der Waals surface area contributed by atoms with E-state index >= 15 is 0 Å². The van der Waals surface area contributed by atoms with E-state index in [0.29, 0.717) is 10.0 Å². The summed E-state index contributed by atoms with van der Waals surface area (Å²) in [6.45, 7) is 3.79. The van der Waals surface area contributed by atoms with Gasteiger partial charge in [-0.05, 0) is 30.7 Å². The van der Waals surface area contributed by atoms with Crippen molar-refractivity contribution in [2.45, 2.75) is 26.4 Å². The zero-order valence-corrected chi connectivity index (χ0v) is 11.7. The molecular formula is C13H15Cl2N3. The molecule has 0 unspecified atom stereocenters. The zero-order chi connectivity index (χ0) is 13.0. The molecular weight excluding hydrogens is 269 g/mol. The number of aromatic nitrogens is 2. The molecule has 1 heterocycles. The van der Waals surface area contributed by atoms with Crippen molar-refractivity contribution in [2.75, 3.05) is 5.32 Å². The largest absolute Gasteiger partial charge is 0.379 e. The first-order valence-corrected chi connectivity index (χ1v) is 6.66. The molecule has 0 aliphatic carbocycles. The van der Waals surface area contributed by atoms with E-state index in [2.05, 4.69) is 17.3 Å². The molecule has 1 N–H and O–H groups in total. The van der Waals surface area contributed by atoms with Gasteiger partial charge in [-0.15, -0.1) is 0 Å². The van der Waals surface area contributed by atoms with Crippen molar-refractivity contribution >= 4 is 28.9 Å². The van der Waals surface area contributed by atoms with Gasteiger partial charge in [0.05, 0.1) is 22.3 Å². The molecule has 18 heavy (non-hydrogen) atoms. The lowest BCUT2D eigenvalue weighted by molar-refractivity contribution is 0.578. The molecule has 0 saturated heterocycles. The minimum absolute atomic E-state index is 0.559. The second-order valence-corrected chi connectivity index (χ2v) is 4.84. The van der Waals surface area contributed by atoms with Crippen LogP contribution in [0, 0.1) is 0 Å². The van der Waals surface area contributed by atoms with Gasteiger partial charge in [0.15, 0.2) is 0 Å². The lowest BCUT2D eigenvalue weighted by Crippen LogP contribution is -2.08. The number of aryl methyl sites for hydroxylation is 1. The van der Waals surface area contributed by atoms with E-state index in [0.717, 1.165) is 30.9 Å². The van der Waals surface area contributed by atoms with Crippen molar-refractivity contribution in [3.05, 3.63) is 46.2 Å². The van der Waals surface area contributed by atoms with Crippen molar-refractivity contribution in [3.8, 4) is 0 Å². The highest BCUT2D eigenvalue weighted by molar-refractivity contribution is 6.42. The van der Waals surface area contributed by atoms with Gasteiger partial charge < -0.3 is 5.32 Å². The summed E-state index contributed by atoms with van der Waals surface area (Å²) in [5, 5.41) is 8.72. The molecule has 0 bridgehead atoms. The Balaban J connectivity index is 2.02. The van der Waals surface area contributed by atoms with E-state index in [1.807, 2.05) is 29.1 Å². The summed E-state index contributed by atoms with van der Waals surface area (Å²) in [4.78, 5) is 0. The second kappa shape index (κ2) is 6.12. The van der Waals surface area contributed by atoms with Gasteiger partial charge in [0.1, 0.15) is 0 Å². The quantitative estimate of drug-likeness (QED) is 0.891. The van der Waals surface area contributed by atoms with E-state index in [9.17, 15) is 0 Å². The molecule has 96 valence electrons. The van der Waals surface area contributed by atoms with E-state index in [-0.39, 0.29) is 0 Å². The predicted octanol–water partition coefficient (Wildman–Crippen LogP) is 4.21. The molecule has 2 rings (SSSR count). The van der Waals surface area contributed by atoms with Crippen molar-refractivity contribution in [1.29, 1.82) is 0 Å². The molecule has 0 fully saturated rings. The highest BCUT2D eigenvalue weighted by Gasteiger charge is 2.03. The van der Waals surface area contributed by atoms with Crippen LogP contribution in [0.15, 0.2) is 30.5 Å². The fourth-order valence-corrected chi connectivity index (χ4v) is 2.02. The zero-order valence-electron chi connectivity index (χ0n) is 10.2. The van der Waals surface area contributed by atoms with Gasteiger partial charge in [-0.2, -0.15) is 5.10 Å². The third-order valence-electron chi connectivity index (χ3n) is 2.63. The molecule has 0 radical (unpaired) electrons. The number of hydrogen-bond acceptors (Lipinski definition) is 2. The summed E-state index contributed by atoms with van der Waals surface area (Å²) < 4.78 is 2.00. The van der Waals surface area contributed by atoms with Crippen LogP contribution in [-0.2, 0) is 13.1 Å². The molecule has 0 saturated carbocycles. The highest BCUT2D eigenvalue weighted by atomic mass is 35.5. The molecule has 0 spiro atoms. The number of anilines is 1. The second-order valence-electron chi connectivity index (χ2n) is 4.03. The Kier molecular flexibility index (Phi) is 4.50. The van der Waals surface area contributed by atoms with Crippen LogP contribution in [0.4, 0.5) is 5.69 Å². The first-order valence-electron chi connectivity index (χ1n) is 5.90. The summed E-state index contributed by atoms with van der Waals surface area (Å²) in [5.74, 6) is 0. The van der Waals surface area contributed by atoms with Gasteiger partial charge in [-0.3, -0.25) is 4.68 Å². The monoisotopic (exact) mass is 283 g/mol. The maximum atomic E-state index is 5.97. The molecule has 5 heteroatoms. The number of rotatable bonds is 5. The number of nitrogens with one attached hydrogen (secondary N) is 1. The van der Waals surface area contributed by atoms with Crippen LogP contribution >= 0.6 is 23.2 Å².